The van der Waals surface area contributed by atoms with Gasteiger partial charge in [0, 0.05) is 22.1 Å². The number of nitrogens with one attached hydrogen (secondary N) is 1. The number of rotatable bonds is 5. The summed E-state index contributed by atoms with van der Waals surface area (Å²) >= 11 is 9.48. The zero-order valence-electron chi connectivity index (χ0n) is 15.0. The van der Waals surface area contributed by atoms with Crippen molar-refractivity contribution in [3.63, 3.8) is 0 Å². The van der Waals surface area contributed by atoms with Gasteiger partial charge < -0.3 is 5.32 Å². The summed E-state index contributed by atoms with van der Waals surface area (Å²) in [5.41, 5.74) is 0.884. The third kappa shape index (κ3) is 4.46. The van der Waals surface area contributed by atoms with Crippen LogP contribution in [0.4, 0.5) is 5.69 Å². The van der Waals surface area contributed by atoms with E-state index in [2.05, 4.69) is 21.2 Å². The molecule has 9 heteroatoms. The lowest BCUT2D eigenvalue weighted by molar-refractivity contribution is -0.119. The third-order valence-electron chi connectivity index (χ3n) is 4.53. The molecule has 1 aliphatic rings. The van der Waals surface area contributed by atoms with Crippen LogP contribution in [0.2, 0.25) is 5.02 Å². The molecule has 0 saturated carbocycles. The van der Waals surface area contributed by atoms with Gasteiger partial charge in [0.1, 0.15) is 6.04 Å². The summed E-state index contributed by atoms with van der Waals surface area (Å²) in [5.74, 6) is -0.799. The Morgan fingerprint density at radius 1 is 1.18 bits per heavy atom. The molecular weight excluding hydrogens is 468 g/mol. The number of carbonyl (C=O) groups is 2. The van der Waals surface area contributed by atoms with Gasteiger partial charge in [0.15, 0.2) is 5.78 Å². The van der Waals surface area contributed by atoms with Crippen molar-refractivity contribution in [3.8, 4) is 0 Å². The summed E-state index contributed by atoms with van der Waals surface area (Å²) < 4.78 is 25.7. The maximum absolute atomic E-state index is 13.0. The number of sulfonamides is 1. The van der Waals surface area contributed by atoms with Gasteiger partial charge in [-0.1, -0.05) is 39.7 Å². The van der Waals surface area contributed by atoms with Crippen LogP contribution in [0, 0.1) is 0 Å². The molecule has 1 atom stereocenters. The Balaban J connectivity index is 1.92. The van der Waals surface area contributed by atoms with E-state index in [-0.39, 0.29) is 11.3 Å². The number of benzene rings is 2. The maximum atomic E-state index is 13.0. The largest absolute Gasteiger partial charge is 0.324 e. The number of amides is 1. The van der Waals surface area contributed by atoms with Crippen molar-refractivity contribution in [2.45, 2.75) is 18.9 Å². The Bertz CT molecular complexity index is 1040. The first-order valence-electron chi connectivity index (χ1n) is 8.55. The van der Waals surface area contributed by atoms with E-state index in [9.17, 15) is 18.0 Å². The topological polar surface area (TPSA) is 83.6 Å². The Morgan fingerprint density at radius 3 is 2.57 bits per heavy atom. The van der Waals surface area contributed by atoms with Crippen LogP contribution in [-0.4, -0.2) is 43.3 Å². The van der Waals surface area contributed by atoms with Crippen molar-refractivity contribution in [1.29, 1.82) is 0 Å². The first-order valence-corrected chi connectivity index (χ1v) is 11.6. The second-order valence-corrected chi connectivity index (χ2v) is 9.78. The van der Waals surface area contributed by atoms with Gasteiger partial charge in [0.2, 0.25) is 15.9 Å². The number of anilines is 1. The van der Waals surface area contributed by atoms with Crippen LogP contribution in [0.1, 0.15) is 28.8 Å². The SMILES string of the molecule is CS(=O)(=O)N1CCC[C@H]1C(=O)Nc1ccc(Br)cc1C(=O)c1ccccc1Cl. The second-order valence-electron chi connectivity index (χ2n) is 6.52. The van der Waals surface area contributed by atoms with Gasteiger partial charge in [-0.05, 0) is 43.2 Å². The fourth-order valence-corrected chi connectivity index (χ4v) is 4.93. The first-order chi connectivity index (χ1) is 13.2. The molecule has 1 saturated heterocycles. The van der Waals surface area contributed by atoms with Gasteiger partial charge in [0.25, 0.3) is 0 Å². The molecule has 3 rings (SSSR count). The number of halogens is 2. The van der Waals surface area contributed by atoms with Gasteiger partial charge in [0.05, 0.1) is 17.0 Å². The Hall–Kier alpha value is -1.74. The van der Waals surface area contributed by atoms with Crippen molar-refractivity contribution in [3.05, 3.63) is 63.1 Å². The normalized spacial score (nSPS) is 17.5. The molecule has 0 aliphatic carbocycles. The second kappa shape index (κ2) is 8.32. The molecule has 0 radical (unpaired) electrons. The summed E-state index contributed by atoms with van der Waals surface area (Å²) in [6.07, 6.45) is 2.13. The van der Waals surface area contributed by atoms with Crippen LogP contribution in [-0.2, 0) is 14.8 Å². The van der Waals surface area contributed by atoms with Crippen LogP contribution in [0.5, 0.6) is 0 Å². The summed E-state index contributed by atoms with van der Waals surface area (Å²) in [6, 6.07) is 10.8. The Labute approximate surface area is 177 Å². The van der Waals surface area contributed by atoms with Crippen LogP contribution in [0.3, 0.4) is 0 Å². The van der Waals surface area contributed by atoms with Crippen LogP contribution in [0.15, 0.2) is 46.9 Å². The summed E-state index contributed by atoms with van der Waals surface area (Å²) in [7, 11) is -3.49. The van der Waals surface area contributed by atoms with Crippen LogP contribution >= 0.6 is 27.5 Å². The zero-order valence-corrected chi connectivity index (χ0v) is 18.1. The van der Waals surface area contributed by atoms with E-state index in [1.807, 2.05) is 0 Å². The van der Waals surface area contributed by atoms with E-state index in [4.69, 9.17) is 11.6 Å². The van der Waals surface area contributed by atoms with Gasteiger partial charge in [-0.3, -0.25) is 9.59 Å². The van der Waals surface area contributed by atoms with E-state index in [0.29, 0.717) is 40.1 Å². The van der Waals surface area contributed by atoms with Gasteiger partial charge in [-0.2, -0.15) is 4.31 Å². The minimum Gasteiger partial charge on any atom is -0.324 e. The summed E-state index contributed by atoms with van der Waals surface area (Å²) in [4.78, 5) is 25.8. The number of carbonyl (C=O) groups excluding carboxylic acids is 2. The standard InChI is InChI=1S/C19H18BrClN2O4S/c1-28(26,27)23-10-4-7-17(23)19(25)22-16-9-8-12(20)11-14(16)18(24)13-5-2-3-6-15(13)21/h2-3,5-6,8-9,11,17H,4,7,10H2,1H3,(H,22,25)/t17-/m0/s1. The maximum Gasteiger partial charge on any atom is 0.242 e. The predicted molar refractivity (Wildman–Crippen MR) is 112 cm³/mol. The van der Waals surface area contributed by atoms with E-state index < -0.39 is 22.0 Å². The molecule has 0 spiro atoms. The number of nitrogens with zero attached hydrogens (tertiary/aromatic N) is 1. The van der Waals surface area contributed by atoms with Crippen molar-refractivity contribution < 1.29 is 18.0 Å². The highest BCUT2D eigenvalue weighted by Gasteiger charge is 2.36. The van der Waals surface area contributed by atoms with E-state index >= 15 is 0 Å². The molecule has 2 aromatic rings. The minimum atomic E-state index is -3.49. The lowest BCUT2D eigenvalue weighted by Crippen LogP contribution is -2.42. The molecule has 1 aliphatic heterocycles. The fraction of sp³-hybridized carbons (Fsp3) is 0.263. The molecule has 1 amide bonds. The molecule has 2 aromatic carbocycles. The molecule has 28 heavy (non-hydrogen) atoms. The molecule has 1 fully saturated rings. The summed E-state index contributed by atoms with van der Waals surface area (Å²) in [6.45, 7) is 0.308. The highest BCUT2D eigenvalue weighted by Crippen LogP contribution is 2.28. The third-order valence-corrected chi connectivity index (χ3v) is 6.65. The molecule has 0 unspecified atom stereocenters. The molecule has 6 nitrogen and oxygen atoms in total. The summed E-state index contributed by atoms with van der Waals surface area (Å²) in [5, 5.41) is 3.03. The lowest BCUT2D eigenvalue weighted by Gasteiger charge is -2.22. The minimum absolute atomic E-state index is 0.264. The van der Waals surface area contributed by atoms with Gasteiger partial charge in [-0.25, -0.2) is 8.42 Å². The van der Waals surface area contributed by atoms with Crippen molar-refractivity contribution in [2.24, 2.45) is 0 Å². The first kappa shape index (κ1) is 21.0. The number of ketones is 1. The van der Waals surface area contributed by atoms with Gasteiger partial charge in [-0.15, -0.1) is 0 Å². The Kier molecular flexibility index (Phi) is 6.24. The van der Waals surface area contributed by atoms with Crippen molar-refractivity contribution >= 4 is 54.9 Å². The van der Waals surface area contributed by atoms with E-state index in [1.165, 1.54) is 4.31 Å². The average molecular weight is 486 g/mol. The molecular formula is C19H18BrClN2O4S. The van der Waals surface area contributed by atoms with Gasteiger partial charge >= 0.3 is 0 Å². The van der Waals surface area contributed by atoms with E-state index in [1.54, 1.807) is 42.5 Å². The monoisotopic (exact) mass is 484 g/mol. The number of hydrogen-bond donors (Lipinski definition) is 1. The van der Waals surface area contributed by atoms with E-state index in [0.717, 1.165) is 6.26 Å². The molecule has 1 heterocycles. The number of hydrogen-bond acceptors (Lipinski definition) is 4. The molecule has 0 aromatic heterocycles. The molecule has 148 valence electrons. The lowest BCUT2D eigenvalue weighted by atomic mass is 10.0. The van der Waals surface area contributed by atoms with Crippen LogP contribution < -0.4 is 5.32 Å². The van der Waals surface area contributed by atoms with Crippen molar-refractivity contribution in [1.82, 2.24) is 4.31 Å². The van der Waals surface area contributed by atoms with Crippen LogP contribution in [0.25, 0.3) is 0 Å². The highest BCUT2D eigenvalue weighted by atomic mass is 79.9. The van der Waals surface area contributed by atoms with Crippen molar-refractivity contribution in [2.75, 3.05) is 18.1 Å². The smallest absolute Gasteiger partial charge is 0.242 e. The quantitative estimate of drug-likeness (QED) is 0.655. The molecule has 1 N–H and O–H groups in total. The average Bonchev–Trinajstić information content (AvgIpc) is 3.13. The molecule has 0 bridgehead atoms. The Morgan fingerprint density at radius 2 is 1.89 bits per heavy atom. The fourth-order valence-electron chi connectivity index (χ4n) is 3.22. The highest BCUT2D eigenvalue weighted by molar-refractivity contribution is 9.10. The zero-order chi connectivity index (χ0) is 20.5. The predicted octanol–water partition coefficient (Wildman–Crippen LogP) is 3.70.